The van der Waals surface area contributed by atoms with Crippen molar-refractivity contribution in [1.82, 2.24) is 10.3 Å². The van der Waals surface area contributed by atoms with Gasteiger partial charge in [0.25, 0.3) is 0 Å². The van der Waals surface area contributed by atoms with Crippen LogP contribution < -0.4 is 15.0 Å². The molecule has 1 aromatic heterocycles. The first kappa shape index (κ1) is 20.6. The van der Waals surface area contributed by atoms with Crippen LogP contribution in [0.15, 0.2) is 53.3 Å². The summed E-state index contributed by atoms with van der Waals surface area (Å²) in [4.78, 5) is 35.6. The van der Waals surface area contributed by atoms with Gasteiger partial charge in [-0.1, -0.05) is 0 Å². The molecule has 0 atom stereocenters. The summed E-state index contributed by atoms with van der Waals surface area (Å²) in [6.45, 7) is 2.05. The number of fused-ring (bicyclic) bond motifs is 1. The number of esters is 1. The third-order valence-corrected chi connectivity index (χ3v) is 5.33. The van der Waals surface area contributed by atoms with Gasteiger partial charge in [-0.05, 0) is 43.2 Å². The average molecular weight is 420 g/mol. The summed E-state index contributed by atoms with van der Waals surface area (Å²) in [6.07, 6.45) is 5.33. The number of aromatic nitrogens is 1. The van der Waals surface area contributed by atoms with Crippen molar-refractivity contribution in [2.45, 2.75) is 12.8 Å². The van der Waals surface area contributed by atoms with Crippen LogP contribution in [0.4, 0.5) is 11.4 Å². The number of ketones is 1. The number of benzene rings is 1. The number of carbonyl (C=O) groups is 2. The molecule has 1 aromatic carbocycles. The second-order valence-corrected chi connectivity index (χ2v) is 7.29. The monoisotopic (exact) mass is 420 g/mol. The summed E-state index contributed by atoms with van der Waals surface area (Å²) < 4.78 is 9.99. The number of hydrogen-bond donors (Lipinski definition) is 1. The van der Waals surface area contributed by atoms with Crippen LogP contribution in [0.2, 0.25) is 0 Å². The maximum atomic E-state index is 12.6. The van der Waals surface area contributed by atoms with Gasteiger partial charge in [-0.3, -0.25) is 9.59 Å². The number of hydrogen-bond acceptors (Lipinski definition) is 8. The van der Waals surface area contributed by atoms with Crippen molar-refractivity contribution in [1.29, 1.82) is 0 Å². The molecule has 31 heavy (non-hydrogen) atoms. The van der Waals surface area contributed by atoms with Crippen molar-refractivity contribution >= 4 is 28.8 Å². The lowest BCUT2D eigenvalue weighted by Gasteiger charge is -2.20. The van der Waals surface area contributed by atoms with E-state index in [1.165, 1.54) is 45.0 Å². The first-order valence-electron chi connectivity index (χ1n) is 10.1. The van der Waals surface area contributed by atoms with Crippen LogP contribution >= 0.6 is 0 Å². The van der Waals surface area contributed by atoms with Gasteiger partial charge in [0.2, 0.25) is 5.78 Å². The molecule has 160 valence electrons. The Morgan fingerprint density at radius 1 is 1.19 bits per heavy atom. The number of pyridine rings is 1. The van der Waals surface area contributed by atoms with Crippen molar-refractivity contribution in [3.63, 3.8) is 0 Å². The number of nitrogens with one attached hydrogen (secondary N) is 1. The first-order valence-corrected chi connectivity index (χ1v) is 10.1. The van der Waals surface area contributed by atoms with E-state index < -0.39 is 5.97 Å². The SMILES string of the molecule is COC(=O)CNC1=CC(=O)c2ncc(OC)cc2C1=Nc1ccc(N2CCCC2)cc1. The highest BCUT2D eigenvalue weighted by Gasteiger charge is 2.26. The minimum atomic E-state index is -0.447. The molecule has 1 aliphatic carbocycles. The minimum Gasteiger partial charge on any atom is -0.495 e. The van der Waals surface area contributed by atoms with Gasteiger partial charge in [0.05, 0.1) is 37.5 Å². The third-order valence-electron chi connectivity index (χ3n) is 5.33. The van der Waals surface area contributed by atoms with Gasteiger partial charge < -0.3 is 19.7 Å². The molecule has 0 bridgehead atoms. The number of ether oxygens (including phenoxy) is 2. The Balaban J connectivity index is 1.72. The molecular formula is C23H24N4O4. The molecule has 1 N–H and O–H groups in total. The zero-order chi connectivity index (χ0) is 21.8. The molecule has 1 fully saturated rings. The Morgan fingerprint density at radius 2 is 1.94 bits per heavy atom. The summed E-state index contributed by atoms with van der Waals surface area (Å²) in [5.41, 5.74) is 3.68. The molecule has 0 saturated carbocycles. The molecule has 0 amide bonds. The Kier molecular flexibility index (Phi) is 5.97. The number of carbonyl (C=O) groups excluding carboxylic acids is 2. The highest BCUT2D eigenvalue weighted by Crippen LogP contribution is 2.28. The van der Waals surface area contributed by atoms with E-state index in [0.29, 0.717) is 22.7 Å². The summed E-state index contributed by atoms with van der Waals surface area (Å²) >= 11 is 0. The number of allylic oxidation sites excluding steroid dienone is 2. The standard InChI is InChI=1S/C23H24N4O4/c1-30-17-11-18-22(26-15-5-7-16(8-6-15)27-9-3-4-10-27)19(24-14-21(29)31-2)12-20(28)23(18)25-13-17/h5-8,11-13,24H,3-4,9-10,14H2,1-2H3. The van der Waals surface area contributed by atoms with Crippen LogP contribution in [0.25, 0.3) is 0 Å². The molecule has 8 nitrogen and oxygen atoms in total. The van der Waals surface area contributed by atoms with E-state index in [2.05, 4.69) is 27.3 Å². The number of rotatable bonds is 6. The lowest BCUT2D eigenvalue weighted by atomic mass is 9.95. The number of anilines is 1. The van der Waals surface area contributed by atoms with Crippen molar-refractivity contribution in [2.24, 2.45) is 4.99 Å². The van der Waals surface area contributed by atoms with Gasteiger partial charge >= 0.3 is 5.97 Å². The molecule has 1 saturated heterocycles. The van der Waals surface area contributed by atoms with E-state index in [1.54, 1.807) is 6.07 Å². The van der Waals surface area contributed by atoms with Crippen LogP contribution in [0.1, 0.15) is 28.9 Å². The lowest BCUT2D eigenvalue weighted by molar-refractivity contribution is -0.139. The second kappa shape index (κ2) is 8.99. The van der Waals surface area contributed by atoms with Crippen LogP contribution in [0.3, 0.4) is 0 Å². The van der Waals surface area contributed by atoms with E-state index in [-0.39, 0.29) is 18.0 Å². The van der Waals surface area contributed by atoms with E-state index >= 15 is 0 Å². The number of aliphatic imine (C=N–C) groups is 1. The Morgan fingerprint density at radius 3 is 2.61 bits per heavy atom. The molecule has 1 aliphatic heterocycles. The van der Waals surface area contributed by atoms with Crippen LogP contribution in [0, 0.1) is 0 Å². The van der Waals surface area contributed by atoms with Crippen molar-refractivity contribution in [2.75, 3.05) is 38.8 Å². The molecule has 4 rings (SSSR count). The van der Waals surface area contributed by atoms with Gasteiger partial charge in [0.1, 0.15) is 18.0 Å². The predicted octanol–water partition coefficient (Wildman–Crippen LogP) is 2.65. The highest BCUT2D eigenvalue weighted by molar-refractivity contribution is 6.26. The molecular weight excluding hydrogens is 396 g/mol. The van der Waals surface area contributed by atoms with E-state index in [0.717, 1.165) is 18.8 Å². The maximum absolute atomic E-state index is 12.6. The van der Waals surface area contributed by atoms with Crippen molar-refractivity contribution in [3.05, 3.63) is 59.6 Å². The van der Waals surface area contributed by atoms with Crippen molar-refractivity contribution in [3.8, 4) is 5.75 Å². The quantitative estimate of drug-likeness (QED) is 0.718. The van der Waals surface area contributed by atoms with Gasteiger partial charge in [-0.15, -0.1) is 0 Å². The largest absolute Gasteiger partial charge is 0.495 e. The normalized spacial score (nSPS) is 16.7. The first-order chi connectivity index (χ1) is 15.1. The average Bonchev–Trinajstić information content (AvgIpc) is 3.34. The summed E-state index contributed by atoms with van der Waals surface area (Å²) in [5.74, 6) is -0.205. The van der Waals surface area contributed by atoms with Crippen molar-refractivity contribution < 1.29 is 19.1 Å². The Hall–Kier alpha value is -3.68. The number of methoxy groups -OCH3 is 2. The number of nitrogens with zero attached hydrogens (tertiary/aromatic N) is 3. The zero-order valence-electron chi connectivity index (χ0n) is 17.6. The van der Waals surface area contributed by atoms with Gasteiger partial charge in [0.15, 0.2) is 0 Å². The topological polar surface area (TPSA) is 93.1 Å². The Labute approximate surface area is 180 Å². The maximum Gasteiger partial charge on any atom is 0.325 e. The fraction of sp³-hybridized carbons (Fsp3) is 0.304. The summed E-state index contributed by atoms with van der Waals surface area (Å²) in [6, 6.07) is 9.72. The van der Waals surface area contributed by atoms with E-state index in [1.807, 2.05) is 12.1 Å². The minimum absolute atomic E-state index is 0.0880. The third kappa shape index (κ3) is 4.42. The molecule has 0 unspecified atom stereocenters. The fourth-order valence-corrected chi connectivity index (χ4v) is 3.68. The lowest BCUT2D eigenvalue weighted by Crippen LogP contribution is -2.32. The van der Waals surface area contributed by atoms with Crippen LogP contribution in [0.5, 0.6) is 5.75 Å². The van der Waals surface area contributed by atoms with E-state index in [4.69, 9.17) is 14.5 Å². The molecule has 2 heterocycles. The molecule has 0 spiro atoms. The summed E-state index contributed by atoms with van der Waals surface area (Å²) in [5, 5.41) is 2.97. The molecule has 2 aromatic rings. The molecule has 8 heteroatoms. The highest BCUT2D eigenvalue weighted by atomic mass is 16.5. The predicted molar refractivity (Wildman–Crippen MR) is 117 cm³/mol. The van der Waals surface area contributed by atoms with E-state index in [9.17, 15) is 9.59 Å². The van der Waals surface area contributed by atoms with Crippen LogP contribution in [-0.2, 0) is 9.53 Å². The molecule has 2 aliphatic rings. The van der Waals surface area contributed by atoms with Gasteiger partial charge in [-0.25, -0.2) is 9.98 Å². The fourth-order valence-electron chi connectivity index (χ4n) is 3.68. The zero-order valence-corrected chi connectivity index (χ0v) is 17.6. The molecule has 0 radical (unpaired) electrons. The van der Waals surface area contributed by atoms with Gasteiger partial charge in [-0.2, -0.15) is 0 Å². The smallest absolute Gasteiger partial charge is 0.325 e. The second-order valence-electron chi connectivity index (χ2n) is 7.29. The van der Waals surface area contributed by atoms with Crippen LogP contribution in [-0.4, -0.2) is 56.3 Å². The van der Waals surface area contributed by atoms with Gasteiger partial charge in [0, 0.05) is 30.4 Å². The Bertz CT molecular complexity index is 1050. The summed E-state index contributed by atoms with van der Waals surface area (Å²) in [7, 11) is 2.85.